The van der Waals surface area contributed by atoms with Crippen LogP contribution < -0.4 is 19.6 Å². The highest BCUT2D eigenvalue weighted by Crippen LogP contribution is 2.28. The fourth-order valence-corrected chi connectivity index (χ4v) is 2.09. The highest BCUT2D eigenvalue weighted by atomic mass is 16.5. The number of benzene rings is 2. The van der Waals surface area contributed by atoms with Gasteiger partial charge in [-0.15, -0.1) is 0 Å². The molecule has 0 saturated heterocycles. The van der Waals surface area contributed by atoms with Crippen molar-refractivity contribution in [2.24, 2.45) is 5.10 Å². The standard InChI is InChI=1S/C19H18N2O8/c1-27-14-5-3-13(4-6-14)19(26)21-20-9-12-2-7-15(28-10-17(22)23)16(8-12)29-11-18(24)25/h2-9H,10-11H2,1H3,(H,21,26)(H,22,23)(H,24,25)/b20-9+. The molecule has 1 amide bonds. The number of carboxylic acids is 2. The van der Waals surface area contributed by atoms with Crippen molar-refractivity contribution < 1.29 is 38.8 Å². The van der Waals surface area contributed by atoms with Gasteiger partial charge in [-0.2, -0.15) is 5.10 Å². The second kappa shape index (κ2) is 10.3. The lowest BCUT2D eigenvalue weighted by Gasteiger charge is -2.11. The molecule has 0 unspecified atom stereocenters. The van der Waals surface area contributed by atoms with E-state index in [-0.39, 0.29) is 11.5 Å². The predicted molar refractivity (Wildman–Crippen MR) is 101 cm³/mol. The summed E-state index contributed by atoms with van der Waals surface area (Å²) < 4.78 is 15.2. The number of methoxy groups -OCH3 is 1. The van der Waals surface area contributed by atoms with E-state index in [4.69, 9.17) is 24.4 Å². The number of carbonyl (C=O) groups excluding carboxylic acids is 1. The minimum absolute atomic E-state index is 0.0269. The monoisotopic (exact) mass is 402 g/mol. The summed E-state index contributed by atoms with van der Waals surface area (Å²) in [5.74, 6) is -2.13. The molecule has 0 aromatic heterocycles. The molecule has 0 aliphatic rings. The molecule has 0 fully saturated rings. The number of nitrogens with zero attached hydrogens (tertiary/aromatic N) is 1. The number of hydrazone groups is 1. The van der Waals surface area contributed by atoms with Gasteiger partial charge in [0.05, 0.1) is 13.3 Å². The number of carboxylic acid groups (broad SMARTS) is 2. The lowest BCUT2D eigenvalue weighted by molar-refractivity contribution is -0.140. The van der Waals surface area contributed by atoms with Crippen molar-refractivity contribution in [3.8, 4) is 17.2 Å². The molecule has 0 radical (unpaired) electrons. The first kappa shape index (κ1) is 21.2. The first-order chi connectivity index (χ1) is 13.9. The molecule has 0 atom stereocenters. The van der Waals surface area contributed by atoms with E-state index in [1.54, 1.807) is 24.3 Å². The maximum atomic E-state index is 12.1. The van der Waals surface area contributed by atoms with E-state index in [0.717, 1.165) is 0 Å². The third-order valence-electron chi connectivity index (χ3n) is 3.40. The average molecular weight is 402 g/mol. The second-order valence-corrected chi connectivity index (χ2v) is 5.50. The molecule has 0 aliphatic heterocycles. The van der Waals surface area contributed by atoms with Crippen molar-refractivity contribution in [1.82, 2.24) is 5.43 Å². The van der Waals surface area contributed by atoms with Gasteiger partial charge in [0, 0.05) is 5.56 Å². The largest absolute Gasteiger partial charge is 0.497 e. The van der Waals surface area contributed by atoms with Gasteiger partial charge in [-0.25, -0.2) is 15.0 Å². The van der Waals surface area contributed by atoms with Crippen molar-refractivity contribution in [3.05, 3.63) is 53.6 Å². The molecule has 10 heteroatoms. The van der Waals surface area contributed by atoms with Gasteiger partial charge in [-0.1, -0.05) is 0 Å². The van der Waals surface area contributed by atoms with E-state index in [1.807, 2.05) is 0 Å². The Labute approximate surface area is 165 Å². The zero-order valence-corrected chi connectivity index (χ0v) is 15.3. The lowest BCUT2D eigenvalue weighted by Crippen LogP contribution is -2.17. The van der Waals surface area contributed by atoms with Crippen LogP contribution in [0.1, 0.15) is 15.9 Å². The van der Waals surface area contributed by atoms with Crippen LogP contribution in [0.4, 0.5) is 0 Å². The molecule has 2 aromatic carbocycles. The first-order valence-electron chi connectivity index (χ1n) is 8.19. The van der Waals surface area contributed by atoms with E-state index in [9.17, 15) is 14.4 Å². The number of rotatable bonds is 10. The number of hydrogen-bond donors (Lipinski definition) is 3. The fraction of sp³-hybridized carbons (Fsp3) is 0.158. The first-order valence-corrected chi connectivity index (χ1v) is 8.19. The molecule has 29 heavy (non-hydrogen) atoms. The summed E-state index contributed by atoms with van der Waals surface area (Å²) in [5, 5.41) is 21.3. The molecule has 0 spiro atoms. The SMILES string of the molecule is COc1ccc(C(=O)N/N=C/c2ccc(OCC(=O)O)c(OCC(=O)O)c2)cc1. The molecule has 2 rings (SSSR count). The van der Waals surface area contributed by atoms with Crippen molar-refractivity contribution in [3.63, 3.8) is 0 Å². The van der Waals surface area contributed by atoms with Gasteiger partial charge in [0.15, 0.2) is 24.7 Å². The number of nitrogens with one attached hydrogen (secondary N) is 1. The van der Waals surface area contributed by atoms with E-state index in [1.165, 1.54) is 31.5 Å². The Hall–Kier alpha value is -4.08. The smallest absolute Gasteiger partial charge is 0.341 e. The van der Waals surface area contributed by atoms with Crippen LogP contribution in [-0.2, 0) is 9.59 Å². The van der Waals surface area contributed by atoms with E-state index >= 15 is 0 Å². The zero-order chi connectivity index (χ0) is 21.2. The van der Waals surface area contributed by atoms with E-state index in [2.05, 4.69) is 10.5 Å². The Morgan fingerprint density at radius 1 is 0.966 bits per heavy atom. The van der Waals surface area contributed by atoms with Crippen LogP contribution in [0.25, 0.3) is 0 Å². The summed E-state index contributed by atoms with van der Waals surface area (Å²) in [5.41, 5.74) is 3.20. The summed E-state index contributed by atoms with van der Waals surface area (Å²) in [6, 6.07) is 10.8. The van der Waals surface area contributed by atoms with Crippen molar-refractivity contribution in [2.75, 3.05) is 20.3 Å². The molecule has 152 valence electrons. The Morgan fingerprint density at radius 2 is 1.59 bits per heavy atom. The van der Waals surface area contributed by atoms with Crippen LogP contribution in [0.5, 0.6) is 17.2 Å². The summed E-state index contributed by atoms with van der Waals surface area (Å²) in [4.78, 5) is 33.4. The second-order valence-electron chi connectivity index (χ2n) is 5.50. The van der Waals surface area contributed by atoms with Crippen molar-refractivity contribution >= 4 is 24.1 Å². The van der Waals surface area contributed by atoms with E-state index in [0.29, 0.717) is 16.9 Å². The van der Waals surface area contributed by atoms with Gasteiger partial charge >= 0.3 is 11.9 Å². The Morgan fingerprint density at radius 3 is 2.17 bits per heavy atom. The molecule has 2 aromatic rings. The van der Waals surface area contributed by atoms with Crippen LogP contribution >= 0.6 is 0 Å². The number of ether oxygens (including phenoxy) is 3. The Bertz CT molecular complexity index is 909. The van der Waals surface area contributed by atoms with E-state index < -0.39 is 31.1 Å². The predicted octanol–water partition coefficient (Wildman–Crippen LogP) is 1.39. The Kier molecular flexibility index (Phi) is 7.54. The van der Waals surface area contributed by atoms with Crippen LogP contribution in [-0.4, -0.2) is 54.6 Å². The maximum Gasteiger partial charge on any atom is 0.341 e. The van der Waals surface area contributed by atoms with Crippen molar-refractivity contribution in [2.45, 2.75) is 0 Å². The molecule has 0 bridgehead atoms. The van der Waals surface area contributed by atoms with Crippen LogP contribution in [0.3, 0.4) is 0 Å². The van der Waals surface area contributed by atoms with Crippen LogP contribution in [0, 0.1) is 0 Å². The minimum Gasteiger partial charge on any atom is -0.497 e. The number of amides is 1. The van der Waals surface area contributed by atoms with Gasteiger partial charge in [0.25, 0.3) is 5.91 Å². The van der Waals surface area contributed by atoms with Gasteiger partial charge in [-0.3, -0.25) is 4.79 Å². The van der Waals surface area contributed by atoms with Gasteiger partial charge in [-0.05, 0) is 48.0 Å². The summed E-state index contributed by atoms with van der Waals surface area (Å²) in [6.45, 7) is -1.26. The average Bonchev–Trinajstić information content (AvgIpc) is 2.71. The number of carbonyl (C=O) groups is 3. The van der Waals surface area contributed by atoms with Gasteiger partial charge < -0.3 is 24.4 Å². The summed E-state index contributed by atoms with van der Waals surface area (Å²) in [7, 11) is 1.52. The molecule has 0 saturated carbocycles. The number of hydrogen-bond acceptors (Lipinski definition) is 7. The van der Waals surface area contributed by atoms with Crippen molar-refractivity contribution in [1.29, 1.82) is 0 Å². The summed E-state index contributed by atoms with van der Waals surface area (Å²) >= 11 is 0. The quantitative estimate of drug-likeness (QED) is 0.399. The summed E-state index contributed by atoms with van der Waals surface area (Å²) in [6.07, 6.45) is 1.32. The molecule has 0 aliphatic carbocycles. The highest BCUT2D eigenvalue weighted by molar-refractivity contribution is 5.95. The Balaban J connectivity index is 2.07. The zero-order valence-electron chi connectivity index (χ0n) is 15.3. The maximum absolute atomic E-state index is 12.1. The minimum atomic E-state index is -1.21. The lowest BCUT2D eigenvalue weighted by atomic mass is 10.2. The normalized spacial score (nSPS) is 10.4. The van der Waals surface area contributed by atoms with Gasteiger partial charge in [0.1, 0.15) is 5.75 Å². The van der Waals surface area contributed by atoms with Gasteiger partial charge in [0.2, 0.25) is 0 Å². The molecular weight excluding hydrogens is 384 g/mol. The molecule has 10 nitrogen and oxygen atoms in total. The third-order valence-corrected chi connectivity index (χ3v) is 3.40. The third kappa shape index (κ3) is 6.86. The number of aliphatic carboxylic acids is 2. The highest BCUT2D eigenvalue weighted by Gasteiger charge is 2.10. The molecular formula is C19H18N2O8. The fourth-order valence-electron chi connectivity index (χ4n) is 2.09. The molecule has 0 heterocycles. The van der Waals surface area contributed by atoms with Crippen LogP contribution in [0.2, 0.25) is 0 Å². The topological polar surface area (TPSA) is 144 Å². The van der Waals surface area contributed by atoms with Crippen LogP contribution in [0.15, 0.2) is 47.6 Å². The molecule has 3 N–H and O–H groups in total.